The predicted octanol–water partition coefficient (Wildman–Crippen LogP) is 2.65. The molecule has 0 spiro atoms. The number of nitrogens with one attached hydrogen (secondary N) is 2. The van der Waals surface area contributed by atoms with Crippen molar-refractivity contribution in [3.8, 4) is 0 Å². The number of hydrogen-bond acceptors (Lipinski definition) is 4. The summed E-state index contributed by atoms with van der Waals surface area (Å²) in [4.78, 5) is 21.2. The van der Waals surface area contributed by atoms with Crippen LogP contribution in [0.1, 0.15) is 19.8 Å². The van der Waals surface area contributed by atoms with E-state index in [9.17, 15) is 4.79 Å². The number of piperazine rings is 1. The van der Waals surface area contributed by atoms with Crippen molar-refractivity contribution >= 4 is 53.3 Å². The number of nitrogens with zero attached hydrogens (tertiary/aromatic N) is 3. The van der Waals surface area contributed by atoms with E-state index >= 15 is 0 Å². The topological polar surface area (TPSA) is 60.0 Å². The smallest absolute Gasteiger partial charge is 0.244 e. The molecule has 1 amide bonds. The molecule has 0 unspecified atom stereocenters. The molecular formula is C20H34IN5OS. The molecule has 1 aromatic carbocycles. The highest BCUT2D eigenvalue weighted by molar-refractivity contribution is 14.0. The molecule has 0 bridgehead atoms. The number of carbonyl (C=O) groups excluding carboxylic acids is 1. The Hall–Kier alpha value is -1.16. The molecule has 0 aromatic heterocycles. The van der Waals surface area contributed by atoms with Crippen molar-refractivity contribution in [3.63, 3.8) is 0 Å². The summed E-state index contributed by atoms with van der Waals surface area (Å²) in [5.41, 5.74) is 1.22. The Kier molecular flexibility index (Phi) is 13.1. The van der Waals surface area contributed by atoms with Gasteiger partial charge in [0, 0.05) is 45.0 Å². The molecule has 0 saturated carbocycles. The normalized spacial score (nSPS) is 14.4. The molecular weight excluding hydrogens is 485 g/mol. The summed E-state index contributed by atoms with van der Waals surface area (Å²) in [6.45, 7) is 7.15. The van der Waals surface area contributed by atoms with Gasteiger partial charge in [-0.1, -0.05) is 18.2 Å². The lowest BCUT2D eigenvalue weighted by atomic mass is 10.2. The van der Waals surface area contributed by atoms with Crippen molar-refractivity contribution < 1.29 is 4.79 Å². The van der Waals surface area contributed by atoms with Crippen molar-refractivity contribution in [3.05, 3.63) is 30.3 Å². The Labute approximate surface area is 190 Å². The van der Waals surface area contributed by atoms with E-state index < -0.39 is 0 Å². The van der Waals surface area contributed by atoms with Crippen LogP contribution in [0.5, 0.6) is 0 Å². The number of benzene rings is 1. The zero-order valence-electron chi connectivity index (χ0n) is 17.0. The minimum atomic E-state index is 0. The Morgan fingerprint density at radius 1 is 1.11 bits per heavy atom. The molecule has 0 aliphatic carbocycles. The minimum Gasteiger partial charge on any atom is -0.368 e. The third kappa shape index (κ3) is 8.89. The van der Waals surface area contributed by atoms with Gasteiger partial charge in [0.15, 0.2) is 5.96 Å². The van der Waals surface area contributed by atoms with Crippen LogP contribution in [0.2, 0.25) is 0 Å². The maximum Gasteiger partial charge on any atom is 0.244 e. The van der Waals surface area contributed by atoms with Crippen LogP contribution in [0, 0.1) is 0 Å². The molecule has 2 N–H and O–H groups in total. The van der Waals surface area contributed by atoms with Crippen LogP contribution < -0.4 is 15.5 Å². The number of thioether (sulfide) groups is 1. The van der Waals surface area contributed by atoms with Crippen molar-refractivity contribution in [2.45, 2.75) is 19.8 Å². The lowest BCUT2D eigenvalue weighted by Crippen LogP contribution is -2.49. The fourth-order valence-electron chi connectivity index (χ4n) is 3.02. The van der Waals surface area contributed by atoms with E-state index in [1.54, 1.807) is 0 Å². The van der Waals surface area contributed by atoms with Gasteiger partial charge in [0.2, 0.25) is 5.91 Å². The summed E-state index contributed by atoms with van der Waals surface area (Å²) in [7, 11) is 0. The van der Waals surface area contributed by atoms with Crippen molar-refractivity contribution in [1.29, 1.82) is 0 Å². The van der Waals surface area contributed by atoms with Crippen LogP contribution in [0.3, 0.4) is 0 Å². The summed E-state index contributed by atoms with van der Waals surface area (Å²) in [5.74, 6) is 2.02. The van der Waals surface area contributed by atoms with Gasteiger partial charge in [-0.25, -0.2) is 4.99 Å². The van der Waals surface area contributed by atoms with Crippen LogP contribution in [0.25, 0.3) is 0 Å². The summed E-state index contributed by atoms with van der Waals surface area (Å²) in [5, 5.41) is 6.53. The molecule has 28 heavy (non-hydrogen) atoms. The Bertz CT molecular complexity index is 579. The van der Waals surface area contributed by atoms with E-state index in [4.69, 9.17) is 0 Å². The summed E-state index contributed by atoms with van der Waals surface area (Å²) < 4.78 is 0. The molecule has 0 radical (unpaired) electrons. The Balaban J connectivity index is 0.00000392. The molecule has 1 aliphatic heterocycles. The van der Waals surface area contributed by atoms with Gasteiger partial charge in [-0.3, -0.25) is 4.79 Å². The first-order valence-corrected chi connectivity index (χ1v) is 11.2. The zero-order chi connectivity index (χ0) is 19.3. The Morgan fingerprint density at radius 2 is 1.82 bits per heavy atom. The van der Waals surface area contributed by atoms with Crippen LogP contribution >= 0.6 is 35.7 Å². The highest BCUT2D eigenvalue weighted by Crippen LogP contribution is 2.15. The SMILES string of the molecule is CCNC(=NCC(=O)N1CCN(c2ccccc2)CC1)NCCCCSC.I. The second-order valence-corrected chi connectivity index (χ2v) is 7.51. The monoisotopic (exact) mass is 519 g/mol. The van der Waals surface area contributed by atoms with Crippen LogP contribution in [-0.4, -0.2) is 74.6 Å². The highest BCUT2D eigenvalue weighted by atomic mass is 127. The number of hydrogen-bond donors (Lipinski definition) is 2. The van der Waals surface area contributed by atoms with E-state index in [1.807, 2.05) is 29.7 Å². The molecule has 158 valence electrons. The van der Waals surface area contributed by atoms with E-state index in [0.29, 0.717) is 0 Å². The molecule has 1 aliphatic rings. The fourth-order valence-corrected chi connectivity index (χ4v) is 3.51. The number of amides is 1. The Morgan fingerprint density at radius 3 is 2.46 bits per heavy atom. The van der Waals surface area contributed by atoms with Gasteiger partial charge in [0.1, 0.15) is 6.54 Å². The van der Waals surface area contributed by atoms with Crippen LogP contribution in [0.15, 0.2) is 35.3 Å². The maximum absolute atomic E-state index is 12.5. The molecule has 0 atom stereocenters. The highest BCUT2D eigenvalue weighted by Gasteiger charge is 2.20. The second kappa shape index (κ2) is 14.8. The first-order valence-electron chi connectivity index (χ1n) is 9.83. The van der Waals surface area contributed by atoms with E-state index in [2.05, 4.69) is 51.0 Å². The molecule has 6 nitrogen and oxygen atoms in total. The van der Waals surface area contributed by atoms with Crippen LogP contribution in [0.4, 0.5) is 5.69 Å². The molecule has 1 heterocycles. The number of aliphatic imine (C=N–C) groups is 1. The average molecular weight is 519 g/mol. The number of anilines is 1. The fraction of sp³-hybridized carbons (Fsp3) is 0.600. The maximum atomic E-state index is 12.5. The van der Waals surface area contributed by atoms with Gasteiger partial charge < -0.3 is 20.4 Å². The van der Waals surface area contributed by atoms with Gasteiger partial charge >= 0.3 is 0 Å². The van der Waals surface area contributed by atoms with Gasteiger partial charge in [0.25, 0.3) is 0 Å². The minimum absolute atomic E-state index is 0. The third-order valence-electron chi connectivity index (χ3n) is 4.54. The zero-order valence-corrected chi connectivity index (χ0v) is 20.2. The molecule has 8 heteroatoms. The van der Waals surface area contributed by atoms with Crippen LogP contribution in [-0.2, 0) is 4.79 Å². The lowest BCUT2D eigenvalue weighted by molar-refractivity contribution is -0.129. The van der Waals surface area contributed by atoms with Gasteiger partial charge in [-0.05, 0) is 43.9 Å². The van der Waals surface area contributed by atoms with Crippen molar-refractivity contribution in [2.24, 2.45) is 4.99 Å². The summed E-state index contributed by atoms with van der Waals surface area (Å²) in [6.07, 6.45) is 4.43. The number of rotatable bonds is 9. The largest absolute Gasteiger partial charge is 0.368 e. The molecule has 1 aromatic rings. The first-order chi connectivity index (χ1) is 13.2. The predicted molar refractivity (Wildman–Crippen MR) is 132 cm³/mol. The number of halogens is 1. The standard InChI is InChI=1S/C20H33N5OS.HI/c1-3-21-20(22-11-7-8-16-27-2)23-17-19(26)25-14-12-24(13-15-25)18-9-5-4-6-10-18;/h4-6,9-10H,3,7-8,11-17H2,1-2H3,(H2,21,22,23);1H. The van der Waals surface area contributed by atoms with E-state index in [-0.39, 0.29) is 36.4 Å². The molecule has 1 fully saturated rings. The quantitative estimate of drug-likeness (QED) is 0.228. The first kappa shape index (κ1) is 24.9. The second-order valence-electron chi connectivity index (χ2n) is 6.53. The molecule has 1 saturated heterocycles. The summed E-state index contributed by atoms with van der Waals surface area (Å²) in [6, 6.07) is 10.4. The van der Waals surface area contributed by atoms with Gasteiger partial charge in [-0.2, -0.15) is 11.8 Å². The number of carbonyl (C=O) groups is 1. The van der Waals surface area contributed by atoms with Crippen molar-refractivity contribution in [1.82, 2.24) is 15.5 Å². The summed E-state index contributed by atoms with van der Waals surface area (Å²) >= 11 is 1.87. The van der Waals surface area contributed by atoms with E-state index in [1.165, 1.54) is 17.9 Å². The van der Waals surface area contributed by atoms with E-state index in [0.717, 1.165) is 51.6 Å². The lowest BCUT2D eigenvalue weighted by Gasteiger charge is -2.36. The molecule has 2 rings (SSSR count). The number of guanidine groups is 1. The van der Waals surface area contributed by atoms with Crippen molar-refractivity contribution in [2.75, 3.05) is 62.7 Å². The van der Waals surface area contributed by atoms with Gasteiger partial charge in [0.05, 0.1) is 0 Å². The third-order valence-corrected chi connectivity index (χ3v) is 5.23. The number of unbranched alkanes of at least 4 members (excludes halogenated alkanes) is 1. The number of para-hydroxylation sites is 1. The van der Waals surface area contributed by atoms with Gasteiger partial charge in [-0.15, -0.1) is 24.0 Å². The average Bonchev–Trinajstić information content (AvgIpc) is 2.72.